The van der Waals surface area contributed by atoms with Gasteiger partial charge in [-0.25, -0.2) is 0 Å². The highest BCUT2D eigenvalue weighted by Gasteiger charge is 2.18. The Morgan fingerprint density at radius 1 is 1.50 bits per heavy atom. The molecule has 0 radical (unpaired) electrons. The maximum Gasteiger partial charge on any atom is 0.0223 e. The SMILES string of the molecule is CN(CCCCCl)C1CCSC1. The fraction of sp³-hybridized carbons (Fsp3) is 1.00. The van der Waals surface area contributed by atoms with E-state index in [2.05, 4.69) is 23.7 Å². The van der Waals surface area contributed by atoms with Gasteiger partial charge in [0.15, 0.2) is 0 Å². The van der Waals surface area contributed by atoms with Crippen LogP contribution in [0.3, 0.4) is 0 Å². The molecule has 1 atom stereocenters. The summed E-state index contributed by atoms with van der Waals surface area (Å²) in [6.07, 6.45) is 3.79. The number of thioether (sulfide) groups is 1. The summed E-state index contributed by atoms with van der Waals surface area (Å²) in [6.45, 7) is 1.22. The molecule has 1 aliphatic rings. The lowest BCUT2D eigenvalue weighted by molar-refractivity contribution is 0.259. The average Bonchev–Trinajstić information content (AvgIpc) is 2.56. The summed E-state index contributed by atoms with van der Waals surface area (Å²) < 4.78 is 0. The van der Waals surface area contributed by atoms with Crippen molar-refractivity contribution in [3.8, 4) is 0 Å². The van der Waals surface area contributed by atoms with Crippen LogP contribution < -0.4 is 0 Å². The van der Waals surface area contributed by atoms with Crippen LogP contribution in [0, 0.1) is 0 Å². The van der Waals surface area contributed by atoms with Crippen molar-refractivity contribution in [3.05, 3.63) is 0 Å². The summed E-state index contributed by atoms with van der Waals surface area (Å²) in [7, 11) is 2.24. The summed E-state index contributed by atoms with van der Waals surface area (Å²) >= 11 is 7.70. The largest absolute Gasteiger partial charge is 0.303 e. The molecule has 1 unspecified atom stereocenters. The lowest BCUT2D eigenvalue weighted by Gasteiger charge is -2.22. The van der Waals surface area contributed by atoms with Crippen molar-refractivity contribution in [1.29, 1.82) is 0 Å². The van der Waals surface area contributed by atoms with Crippen LogP contribution in [0.4, 0.5) is 0 Å². The molecule has 1 fully saturated rings. The van der Waals surface area contributed by atoms with Crippen LogP contribution in [0.25, 0.3) is 0 Å². The zero-order valence-electron chi connectivity index (χ0n) is 7.76. The van der Waals surface area contributed by atoms with Gasteiger partial charge in [-0.15, -0.1) is 11.6 Å². The van der Waals surface area contributed by atoms with Crippen molar-refractivity contribution in [3.63, 3.8) is 0 Å². The fourth-order valence-corrected chi connectivity index (χ4v) is 3.00. The molecule has 3 heteroatoms. The number of alkyl halides is 1. The van der Waals surface area contributed by atoms with Gasteiger partial charge in [-0.3, -0.25) is 0 Å². The van der Waals surface area contributed by atoms with E-state index in [9.17, 15) is 0 Å². The molecule has 1 aliphatic heterocycles. The minimum atomic E-state index is 0.813. The highest BCUT2D eigenvalue weighted by atomic mass is 35.5. The Morgan fingerprint density at radius 3 is 2.92 bits per heavy atom. The van der Waals surface area contributed by atoms with E-state index in [0.29, 0.717) is 0 Å². The third-order valence-electron chi connectivity index (χ3n) is 2.42. The molecule has 1 saturated heterocycles. The molecule has 0 N–H and O–H groups in total. The van der Waals surface area contributed by atoms with E-state index in [4.69, 9.17) is 11.6 Å². The smallest absolute Gasteiger partial charge is 0.0223 e. The first-order valence-corrected chi connectivity index (χ1v) is 6.37. The van der Waals surface area contributed by atoms with Crippen molar-refractivity contribution < 1.29 is 0 Å². The molecule has 0 aromatic rings. The van der Waals surface area contributed by atoms with Gasteiger partial charge in [0.2, 0.25) is 0 Å². The zero-order valence-corrected chi connectivity index (χ0v) is 9.33. The first-order valence-electron chi connectivity index (χ1n) is 4.68. The van der Waals surface area contributed by atoms with Crippen LogP contribution in [0.5, 0.6) is 0 Å². The Morgan fingerprint density at radius 2 is 2.33 bits per heavy atom. The highest BCUT2D eigenvalue weighted by molar-refractivity contribution is 7.99. The second-order valence-corrected chi connectivity index (χ2v) is 4.92. The van der Waals surface area contributed by atoms with Gasteiger partial charge in [0.05, 0.1) is 0 Å². The van der Waals surface area contributed by atoms with E-state index in [1.54, 1.807) is 0 Å². The quantitative estimate of drug-likeness (QED) is 0.504. The summed E-state index contributed by atoms with van der Waals surface area (Å²) in [6, 6.07) is 0.838. The van der Waals surface area contributed by atoms with Gasteiger partial charge in [-0.2, -0.15) is 11.8 Å². The molecule has 0 bridgehead atoms. The number of halogens is 1. The van der Waals surface area contributed by atoms with E-state index in [1.807, 2.05) is 0 Å². The molecule has 0 spiro atoms. The average molecular weight is 208 g/mol. The van der Waals surface area contributed by atoms with Crippen LogP contribution in [-0.2, 0) is 0 Å². The third-order valence-corrected chi connectivity index (χ3v) is 3.84. The molecule has 1 nitrogen and oxygen atoms in total. The van der Waals surface area contributed by atoms with E-state index in [0.717, 1.165) is 18.3 Å². The number of unbranched alkanes of at least 4 members (excludes halogenated alkanes) is 1. The molecule has 1 heterocycles. The number of hydrogen-bond donors (Lipinski definition) is 0. The first kappa shape index (κ1) is 10.7. The van der Waals surface area contributed by atoms with Crippen molar-refractivity contribution in [2.45, 2.75) is 25.3 Å². The molecule has 0 amide bonds. The van der Waals surface area contributed by atoms with E-state index >= 15 is 0 Å². The molecular weight excluding hydrogens is 190 g/mol. The topological polar surface area (TPSA) is 3.24 Å². The lowest BCUT2D eigenvalue weighted by Crippen LogP contribution is -2.32. The Kier molecular flexibility index (Phi) is 5.44. The van der Waals surface area contributed by atoms with Gasteiger partial charge in [0.25, 0.3) is 0 Å². The van der Waals surface area contributed by atoms with Crippen LogP contribution in [0.1, 0.15) is 19.3 Å². The Bertz CT molecular complexity index is 115. The maximum absolute atomic E-state index is 5.62. The fourth-order valence-electron chi connectivity index (χ4n) is 1.51. The van der Waals surface area contributed by atoms with Gasteiger partial charge in [-0.05, 0) is 38.6 Å². The van der Waals surface area contributed by atoms with Gasteiger partial charge in [0, 0.05) is 17.7 Å². The maximum atomic E-state index is 5.62. The Balaban J connectivity index is 2.05. The molecule has 12 heavy (non-hydrogen) atoms. The molecule has 0 aromatic heterocycles. The summed E-state index contributed by atoms with van der Waals surface area (Å²) in [4.78, 5) is 2.49. The predicted molar refractivity (Wildman–Crippen MR) is 58.3 cm³/mol. The molecule has 1 rings (SSSR count). The van der Waals surface area contributed by atoms with Crippen LogP contribution >= 0.6 is 23.4 Å². The lowest BCUT2D eigenvalue weighted by atomic mass is 10.2. The summed E-state index contributed by atoms with van der Waals surface area (Å²) in [5.74, 6) is 3.50. The van der Waals surface area contributed by atoms with E-state index in [-0.39, 0.29) is 0 Å². The molecule has 0 aliphatic carbocycles. The van der Waals surface area contributed by atoms with Crippen molar-refractivity contribution in [1.82, 2.24) is 4.90 Å². The van der Waals surface area contributed by atoms with Gasteiger partial charge < -0.3 is 4.90 Å². The molecule has 0 saturated carbocycles. The van der Waals surface area contributed by atoms with Crippen molar-refractivity contribution >= 4 is 23.4 Å². The van der Waals surface area contributed by atoms with Gasteiger partial charge >= 0.3 is 0 Å². The molecule has 72 valence electrons. The highest BCUT2D eigenvalue weighted by Crippen LogP contribution is 2.21. The third kappa shape index (κ3) is 3.55. The monoisotopic (exact) mass is 207 g/mol. The minimum absolute atomic E-state index is 0.813. The Hall–Kier alpha value is 0.600. The first-order chi connectivity index (χ1) is 5.84. The van der Waals surface area contributed by atoms with E-state index < -0.39 is 0 Å². The standard InChI is InChI=1S/C9H18ClNS/c1-11(6-3-2-5-10)9-4-7-12-8-9/h9H,2-8H2,1H3. The van der Waals surface area contributed by atoms with E-state index in [1.165, 1.54) is 30.9 Å². The van der Waals surface area contributed by atoms with Crippen LogP contribution in [0.15, 0.2) is 0 Å². The normalized spacial score (nSPS) is 23.8. The number of nitrogens with zero attached hydrogens (tertiary/aromatic N) is 1. The summed E-state index contributed by atoms with van der Waals surface area (Å²) in [5, 5.41) is 0. The van der Waals surface area contributed by atoms with Crippen molar-refractivity contribution in [2.24, 2.45) is 0 Å². The second kappa shape index (κ2) is 6.11. The summed E-state index contributed by atoms with van der Waals surface area (Å²) in [5.41, 5.74) is 0. The second-order valence-electron chi connectivity index (χ2n) is 3.39. The number of rotatable bonds is 5. The minimum Gasteiger partial charge on any atom is -0.303 e. The predicted octanol–water partition coefficient (Wildman–Crippen LogP) is 2.44. The van der Waals surface area contributed by atoms with Gasteiger partial charge in [0.1, 0.15) is 0 Å². The number of hydrogen-bond acceptors (Lipinski definition) is 2. The molecular formula is C9H18ClNS. The van der Waals surface area contributed by atoms with Crippen LogP contribution in [0.2, 0.25) is 0 Å². The molecule has 0 aromatic carbocycles. The Labute approximate surface area is 84.8 Å². The zero-order chi connectivity index (χ0) is 8.81. The van der Waals surface area contributed by atoms with Crippen molar-refractivity contribution in [2.75, 3.05) is 31.0 Å². The van der Waals surface area contributed by atoms with Gasteiger partial charge in [-0.1, -0.05) is 0 Å². The van der Waals surface area contributed by atoms with Crippen LogP contribution in [-0.4, -0.2) is 41.9 Å².